The van der Waals surface area contributed by atoms with Gasteiger partial charge in [0.15, 0.2) is 12.4 Å². The van der Waals surface area contributed by atoms with Gasteiger partial charge in [-0.05, 0) is 92.7 Å². The molecule has 4 aliphatic rings. The molecule has 12 heteroatoms. The average molecular weight is 660 g/mol. The van der Waals surface area contributed by atoms with E-state index in [0.29, 0.717) is 17.0 Å². The lowest BCUT2D eigenvalue weighted by Crippen LogP contribution is -2.61. The van der Waals surface area contributed by atoms with Crippen LogP contribution in [0.15, 0.2) is 37.1 Å². The van der Waals surface area contributed by atoms with Crippen LogP contribution < -0.4 is 14.5 Å². The Morgan fingerprint density at radius 3 is 2.48 bits per heavy atom. The van der Waals surface area contributed by atoms with Crippen molar-refractivity contribution >= 4 is 39.5 Å². The molecule has 1 spiro atoms. The Morgan fingerprint density at radius 2 is 1.79 bits per heavy atom. The minimum atomic E-state index is -4.54. The molecule has 3 saturated heterocycles. The average Bonchev–Trinajstić information content (AvgIpc) is 3.81. The summed E-state index contributed by atoms with van der Waals surface area (Å²) >= 11 is 0. The Morgan fingerprint density at radius 1 is 1.04 bits per heavy atom. The molecule has 5 heterocycles. The first-order valence-corrected chi connectivity index (χ1v) is 17.1. The van der Waals surface area contributed by atoms with Crippen molar-refractivity contribution in [2.45, 2.75) is 64.0 Å². The second kappa shape index (κ2) is 11.7. The van der Waals surface area contributed by atoms with Crippen LogP contribution in [-0.4, -0.2) is 83.0 Å². The van der Waals surface area contributed by atoms with Gasteiger partial charge in [0.25, 0.3) is 0 Å². The van der Waals surface area contributed by atoms with E-state index < -0.39 is 12.8 Å². The van der Waals surface area contributed by atoms with Crippen LogP contribution in [0.3, 0.4) is 0 Å². The first-order chi connectivity index (χ1) is 23.1. The fourth-order valence-electron chi connectivity index (χ4n) is 7.99. The molecule has 0 bridgehead atoms. The molecule has 4 aromatic rings. The summed E-state index contributed by atoms with van der Waals surface area (Å²) in [6, 6.07) is 6.05. The van der Waals surface area contributed by atoms with E-state index in [1.165, 1.54) is 6.08 Å². The topological polar surface area (TPSA) is 90.5 Å². The fraction of sp³-hybridized carbons (Fsp3) is 0.500. The lowest BCUT2D eigenvalue weighted by atomic mass is 9.72. The molecular weight excluding hydrogens is 619 g/mol. The molecule has 252 valence electrons. The Kier molecular flexibility index (Phi) is 7.52. The number of piperidine rings is 2. The van der Waals surface area contributed by atoms with Gasteiger partial charge in [-0.15, -0.1) is 0 Å². The number of hydrogen-bond donors (Lipinski definition) is 1. The standard InChI is InChI=1S/C36H40F3N7O2/c1-3-28(47)46-19-35(20-46)11-15-44(16-12-35)33-25-17-24(23-8-9-23)30(29-22(2)7-10-27-26(29)18-40-43-27)32(48-21-36(37,38)39)31(25)41-34(42-33)45-13-5-4-6-14-45/h3,7,10,17-18,23H,1,4-6,8-9,11-16,19-21H2,2H3,(H,40,43). The third-order valence-corrected chi connectivity index (χ3v) is 10.7. The second-order valence-corrected chi connectivity index (χ2v) is 14.1. The van der Waals surface area contributed by atoms with Crippen LogP contribution in [0.2, 0.25) is 0 Å². The van der Waals surface area contributed by atoms with E-state index in [9.17, 15) is 18.0 Å². The maximum absolute atomic E-state index is 14.0. The molecule has 2 aromatic heterocycles. The number of ether oxygens (including phenoxy) is 1. The number of nitrogens with one attached hydrogen (secondary N) is 1. The highest BCUT2D eigenvalue weighted by Crippen LogP contribution is 2.53. The van der Waals surface area contributed by atoms with Gasteiger partial charge in [0, 0.05) is 61.0 Å². The van der Waals surface area contributed by atoms with Crippen molar-refractivity contribution < 1.29 is 22.7 Å². The number of benzene rings is 2. The van der Waals surface area contributed by atoms with E-state index in [0.717, 1.165) is 123 Å². The molecular formula is C36H40F3N7O2. The number of alkyl halides is 3. The molecule has 1 saturated carbocycles. The maximum atomic E-state index is 14.0. The van der Waals surface area contributed by atoms with Crippen molar-refractivity contribution in [3.05, 3.63) is 48.2 Å². The van der Waals surface area contributed by atoms with E-state index >= 15 is 0 Å². The summed E-state index contributed by atoms with van der Waals surface area (Å²) in [5.74, 6) is 1.60. The largest absolute Gasteiger partial charge is 0.481 e. The summed E-state index contributed by atoms with van der Waals surface area (Å²) < 4.78 is 47.8. The highest BCUT2D eigenvalue weighted by Gasteiger charge is 2.46. The van der Waals surface area contributed by atoms with E-state index in [2.05, 4.69) is 32.6 Å². The highest BCUT2D eigenvalue weighted by atomic mass is 19.4. The maximum Gasteiger partial charge on any atom is 0.422 e. The molecule has 9 nitrogen and oxygen atoms in total. The van der Waals surface area contributed by atoms with Gasteiger partial charge in [-0.3, -0.25) is 9.89 Å². The summed E-state index contributed by atoms with van der Waals surface area (Å²) in [4.78, 5) is 28.7. The zero-order valence-corrected chi connectivity index (χ0v) is 27.2. The Hall–Kier alpha value is -4.35. The van der Waals surface area contributed by atoms with Gasteiger partial charge >= 0.3 is 6.18 Å². The fourth-order valence-corrected chi connectivity index (χ4v) is 7.99. The van der Waals surface area contributed by atoms with Crippen molar-refractivity contribution in [2.24, 2.45) is 5.41 Å². The number of nitrogens with zero attached hydrogens (tertiary/aromatic N) is 6. The highest BCUT2D eigenvalue weighted by molar-refractivity contribution is 6.06. The number of rotatable bonds is 7. The minimum absolute atomic E-state index is 0.0350. The van der Waals surface area contributed by atoms with Gasteiger partial charge in [-0.1, -0.05) is 12.6 Å². The van der Waals surface area contributed by atoms with Crippen LogP contribution in [0.1, 0.15) is 62.0 Å². The van der Waals surface area contributed by atoms with Crippen molar-refractivity contribution in [3.8, 4) is 16.9 Å². The van der Waals surface area contributed by atoms with Gasteiger partial charge in [0.2, 0.25) is 11.9 Å². The monoisotopic (exact) mass is 659 g/mol. The Labute approximate surface area is 277 Å². The van der Waals surface area contributed by atoms with Crippen molar-refractivity contribution in [1.29, 1.82) is 0 Å². The number of aromatic amines is 1. The van der Waals surface area contributed by atoms with E-state index in [1.807, 2.05) is 24.0 Å². The lowest BCUT2D eigenvalue weighted by Gasteiger charge is -2.54. The number of carbonyl (C=O) groups is 1. The van der Waals surface area contributed by atoms with Gasteiger partial charge in [0.05, 0.1) is 11.7 Å². The van der Waals surface area contributed by atoms with Crippen LogP contribution in [0.25, 0.3) is 32.9 Å². The van der Waals surface area contributed by atoms with Crippen LogP contribution >= 0.6 is 0 Å². The number of aryl methyl sites for hydroxylation is 1. The number of likely N-dealkylation sites (tertiary alicyclic amines) is 1. The molecule has 0 radical (unpaired) electrons. The molecule has 1 amide bonds. The normalized spacial score (nSPS) is 19.6. The van der Waals surface area contributed by atoms with Gasteiger partial charge in [-0.2, -0.15) is 23.3 Å². The lowest BCUT2D eigenvalue weighted by molar-refractivity contribution is -0.153. The van der Waals surface area contributed by atoms with Crippen LogP contribution in [0.4, 0.5) is 24.9 Å². The molecule has 3 aliphatic heterocycles. The summed E-state index contributed by atoms with van der Waals surface area (Å²) in [7, 11) is 0. The number of anilines is 2. The number of H-pyrrole nitrogens is 1. The molecule has 8 rings (SSSR count). The quantitative estimate of drug-likeness (QED) is 0.216. The third kappa shape index (κ3) is 5.52. The molecule has 0 atom stereocenters. The SMILES string of the molecule is C=CC(=O)N1CC2(CCN(c3nc(N4CCCCC4)nc4c(OCC(F)(F)F)c(-c5c(C)ccc6[nH]ncc56)c(C5CC5)cc34)CC2)C1. The predicted octanol–water partition coefficient (Wildman–Crippen LogP) is 6.91. The molecule has 48 heavy (non-hydrogen) atoms. The number of fused-ring (bicyclic) bond motifs is 2. The third-order valence-electron chi connectivity index (χ3n) is 10.7. The molecule has 1 N–H and O–H groups in total. The van der Waals surface area contributed by atoms with Crippen molar-refractivity contribution in [2.75, 3.05) is 55.7 Å². The van der Waals surface area contributed by atoms with Gasteiger partial charge in [-0.25, -0.2) is 4.98 Å². The number of halogens is 3. The van der Waals surface area contributed by atoms with Crippen LogP contribution in [-0.2, 0) is 4.79 Å². The number of amides is 1. The molecule has 4 fully saturated rings. The van der Waals surface area contributed by atoms with Crippen LogP contribution in [0.5, 0.6) is 5.75 Å². The van der Waals surface area contributed by atoms with Crippen LogP contribution in [0, 0.1) is 12.3 Å². The molecule has 0 unspecified atom stereocenters. The first-order valence-electron chi connectivity index (χ1n) is 17.1. The molecule has 1 aliphatic carbocycles. The van der Waals surface area contributed by atoms with E-state index in [-0.39, 0.29) is 23.0 Å². The van der Waals surface area contributed by atoms with Gasteiger partial charge in [0.1, 0.15) is 11.3 Å². The smallest absolute Gasteiger partial charge is 0.422 e. The summed E-state index contributed by atoms with van der Waals surface area (Å²) in [5, 5.41) is 8.87. The zero-order valence-electron chi connectivity index (χ0n) is 27.2. The summed E-state index contributed by atoms with van der Waals surface area (Å²) in [5.41, 5.74) is 4.69. The second-order valence-electron chi connectivity index (χ2n) is 14.1. The van der Waals surface area contributed by atoms with E-state index in [4.69, 9.17) is 14.7 Å². The van der Waals surface area contributed by atoms with Crippen molar-refractivity contribution in [1.82, 2.24) is 25.1 Å². The Balaban J connectivity index is 1.31. The Bertz CT molecular complexity index is 1900. The minimum Gasteiger partial charge on any atom is -0.481 e. The number of aromatic nitrogens is 4. The van der Waals surface area contributed by atoms with Crippen molar-refractivity contribution in [3.63, 3.8) is 0 Å². The van der Waals surface area contributed by atoms with E-state index in [1.54, 1.807) is 6.20 Å². The number of hydrogen-bond acceptors (Lipinski definition) is 7. The molecule has 2 aromatic carbocycles. The number of carbonyl (C=O) groups excluding carboxylic acids is 1. The predicted molar refractivity (Wildman–Crippen MR) is 180 cm³/mol. The van der Waals surface area contributed by atoms with Gasteiger partial charge < -0.3 is 19.4 Å². The zero-order chi connectivity index (χ0) is 33.2. The first kappa shape index (κ1) is 31.0. The summed E-state index contributed by atoms with van der Waals surface area (Å²) in [6.07, 6.45) is 5.40. The summed E-state index contributed by atoms with van der Waals surface area (Å²) in [6.45, 7) is 8.67.